The Balaban J connectivity index is 1.82. The normalized spacial score (nSPS) is 25.3. The topological polar surface area (TPSA) is 76.5 Å². The number of urea groups is 1. The molecule has 3 atom stereocenters. The van der Waals surface area contributed by atoms with Crippen LogP contribution in [0.5, 0.6) is 0 Å². The fraction of sp³-hybridized carbons (Fsp3) is 0.368. The third-order valence-electron chi connectivity index (χ3n) is 5.41. The van der Waals surface area contributed by atoms with Crippen LogP contribution in [0.2, 0.25) is 0 Å². The summed E-state index contributed by atoms with van der Waals surface area (Å²) in [6.07, 6.45) is 1.25. The molecule has 3 heterocycles. The lowest BCUT2D eigenvalue weighted by Gasteiger charge is -2.38. The van der Waals surface area contributed by atoms with Crippen molar-refractivity contribution in [2.75, 3.05) is 14.1 Å². The number of ketones is 1. The van der Waals surface area contributed by atoms with Crippen molar-refractivity contribution < 1.29 is 14.4 Å². The van der Waals surface area contributed by atoms with Gasteiger partial charge in [-0.1, -0.05) is 30.3 Å². The molecule has 0 aromatic heterocycles. The lowest BCUT2D eigenvalue weighted by atomic mass is 10.1. The number of guanidine groups is 1. The van der Waals surface area contributed by atoms with Crippen molar-refractivity contribution in [3.8, 4) is 0 Å². The van der Waals surface area contributed by atoms with E-state index in [-0.39, 0.29) is 17.7 Å². The number of likely N-dealkylation sites (N-methyl/N-ethyl adjacent to an activating group) is 2. The van der Waals surface area contributed by atoms with Crippen molar-refractivity contribution in [2.45, 2.75) is 32.1 Å². The predicted molar refractivity (Wildman–Crippen MR) is 99.2 cm³/mol. The molecule has 1 fully saturated rings. The Labute approximate surface area is 157 Å². The highest BCUT2D eigenvalue weighted by Gasteiger charge is 2.54. The van der Waals surface area contributed by atoms with Crippen molar-refractivity contribution in [1.29, 1.82) is 0 Å². The molecular formula is C19H21N5O3. The first-order chi connectivity index (χ1) is 12.8. The number of aliphatic imine (C=N–C) groups is 1. The maximum Gasteiger partial charge on any atom is 0.328 e. The number of amides is 3. The number of nitrogens with zero attached hydrogens (tertiary/aromatic N) is 5. The lowest BCUT2D eigenvalue weighted by molar-refractivity contribution is -0.135. The van der Waals surface area contributed by atoms with Gasteiger partial charge >= 0.3 is 6.03 Å². The molecule has 8 nitrogen and oxygen atoms in total. The highest BCUT2D eigenvalue weighted by Crippen LogP contribution is 2.38. The van der Waals surface area contributed by atoms with Gasteiger partial charge in [-0.05, 0) is 19.4 Å². The van der Waals surface area contributed by atoms with E-state index in [2.05, 4.69) is 4.99 Å². The minimum atomic E-state index is -0.629. The molecule has 8 heteroatoms. The first-order valence-electron chi connectivity index (χ1n) is 8.80. The second-order valence-electron chi connectivity index (χ2n) is 7.02. The van der Waals surface area contributed by atoms with Gasteiger partial charge in [0.2, 0.25) is 5.96 Å². The average Bonchev–Trinajstić information content (AvgIpc) is 3.20. The van der Waals surface area contributed by atoms with Crippen molar-refractivity contribution in [2.24, 2.45) is 4.99 Å². The number of carbonyl (C=O) groups is 3. The Morgan fingerprint density at radius 1 is 1.15 bits per heavy atom. The van der Waals surface area contributed by atoms with Crippen molar-refractivity contribution in [1.82, 2.24) is 19.6 Å². The maximum atomic E-state index is 12.8. The molecule has 1 aromatic rings. The van der Waals surface area contributed by atoms with E-state index < -0.39 is 18.2 Å². The fourth-order valence-corrected chi connectivity index (χ4v) is 3.72. The molecule has 3 unspecified atom stereocenters. The zero-order valence-corrected chi connectivity index (χ0v) is 15.7. The van der Waals surface area contributed by atoms with Crippen LogP contribution in [0.25, 0.3) is 5.70 Å². The SMILES string of the molecule is CC(=O)C(C)N1C(c2ccccc2)=CN2C1=NC1C2C(=O)N(C)C(=O)N1C. The number of benzene rings is 1. The van der Waals surface area contributed by atoms with E-state index >= 15 is 0 Å². The first-order valence-corrected chi connectivity index (χ1v) is 8.80. The van der Waals surface area contributed by atoms with Gasteiger partial charge in [0.15, 0.2) is 18.0 Å². The van der Waals surface area contributed by atoms with Crippen LogP contribution in [0.1, 0.15) is 19.4 Å². The number of Topliss-reactive ketones (excluding diaryl/α,β-unsaturated/α-hetero) is 1. The predicted octanol–water partition coefficient (Wildman–Crippen LogP) is 1.17. The molecule has 0 aliphatic carbocycles. The lowest BCUT2D eigenvalue weighted by Crippen LogP contribution is -2.63. The summed E-state index contributed by atoms with van der Waals surface area (Å²) in [6, 6.07) is 8.22. The van der Waals surface area contributed by atoms with Crippen LogP contribution in [0, 0.1) is 0 Å². The van der Waals surface area contributed by atoms with E-state index in [1.807, 2.05) is 48.4 Å². The van der Waals surface area contributed by atoms with Gasteiger partial charge in [-0.25, -0.2) is 9.79 Å². The Kier molecular flexibility index (Phi) is 3.80. The quantitative estimate of drug-likeness (QED) is 0.802. The number of carbonyl (C=O) groups excluding carboxylic acids is 3. The number of fused-ring (bicyclic) bond motifs is 3. The monoisotopic (exact) mass is 367 g/mol. The van der Waals surface area contributed by atoms with E-state index in [0.717, 1.165) is 16.2 Å². The Hall–Kier alpha value is -3.16. The van der Waals surface area contributed by atoms with E-state index in [1.165, 1.54) is 18.9 Å². The van der Waals surface area contributed by atoms with Gasteiger partial charge in [0.25, 0.3) is 5.91 Å². The molecule has 27 heavy (non-hydrogen) atoms. The minimum absolute atomic E-state index is 0.0101. The van der Waals surface area contributed by atoms with Gasteiger partial charge < -0.3 is 9.80 Å². The van der Waals surface area contributed by atoms with Crippen molar-refractivity contribution >= 4 is 29.4 Å². The molecule has 3 aliphatic heterocycles. The van der Waals surface area contributed by atoms with Gasteiger partial charge in [-0.3, -0.25) is 19.4 Å². The van der Waals surface area contributed by atoms with Gasteiger partial charge in [-0.2, -0.15) is 0 Å². The second kappa shape index (κ2) is 5.94. The number of rotatable bonds is 3. The van der Waals surface area contributed by atoms with Crippen LogP contribution in [0.15, 0.2) is 41.5 Å². The fourth-order valence-electron chi connectivity index (χ4n) is 3.72. The molecule has 1 saturated heterocycles. The standard InChI is InChI=1S/C19H21N5O3/c1-11(12(2)25)24-14(13-8-6-5-7-9-13)10-23-15-16(20-18(23)24)21(3)19(27)22(4)17(15)26/h5-11,15-16H,1-4H3. The highest BCUT2D eigenvalue weighted by atomic mass is 16.2. The van der Waals surface area contributed by atoms with Crippen LogP contribution in [-0.4, -0.2) is 75.6 Å². The van der Waals surface area contributed by atoms with Gasteiger partial charge in [-0.15, -0.1) is 0 Å². The van der Waals surface area contributed by atoms with Crippen molar-refractivity contribution in [3.05, 3.63) is 42.1 Å². The van der Waals surface area contributed by atoms with Gasteiger partial charge in [0.1, 0.15) is 0 Å². The summed E-state index contributed by atoms with van der Waals surface area (Å²) in [5.41, 5.74) is 1.74. The van der Waals surface area contributed by atoms with Crippen LogP contribution in [0.4, 0.5) is 4.79 Å². The Morgan fingerprint density at radius 3 is 2.44 bits per heavy atom. The molecular weight excluding hydrogens is 346 g/mol. The van der Waals surface area contributed by atoms with E-state index in [9.17, 15) is 14.4 Å². The minimum Gasteiger partial charge on any atom is -0.302 e. The molecule has 0 radical (unpaired) electrons. The zero-order valence-electron chi connectivity index (χ0n) is 15.7. The zero-order chi connectivity index (χ0) is 19.5. The van der Waals surface area contributed by atoms with Gasteiger partial charge in [0.05, 0.1) is 11.7 Å². The smallest absolute Gasteiger partial charge is 0.302 e. The third kappa shape index (κ3) is 2.36. The van der Waals surface area contributed by atoms with Crippen LogP contribution in [-0.2, 0) is 9.59 Å². The molecule has 0 spiro atoms. The number of imide groups is 1. The maximum absolute atomic E-state index is 12.8. The molecule has 0 bridgehead atoms. The van der Waals surface area contributed by atoms with E-state index in [1.54, 1.807) is 11.9 Å². The summed E-state index contributed by atoms with van der Waals surface area (Å²) < 4.78 is 0. The van der Waals surface area contributed by atoms with Crippen molar-refractivity contribution in [3.63, 3.8) is 0 Å². The summed E-state index contributed by atoms with van der Waals surface area (Å²) in [5.74, 6) is 0.210. The molecule has 1 aromatic carbocycles. The third-order valence-corrected chi connectivity index (χ3v) is 5.41. The van der Waals surface area contributed by atoms with Crippen LogP contribution in [0.3, 0.4) is 0 Å². The first kappa shape index (κ1) is 17.3. The summed E-state index contributed by atoms with van der Waals surface area (Å²) in [7, 11) is 3.11. The average molecular weight is 367 g/mol. The Morgan fingerprint density at radius 2 is 1.81 bits per heavy atom. The van der Waals surface area contributed by atoms with Crippen LogP contribution >= 0.6 is 0 Å². The molecule has 4 rings (SSSR count). The molecule has 0 N–H and O–H groups in total. The molecule has 3 aliphatic rings. The van der Waals surface area contributed by atoms with Crippen LogP contribution < -0.4 is 0 Å². The number of hydrogen-bond acceptors (Lipinski definition) is 6. The van der Waals surface area contributed by atoms with E-state index in [4.69, 9.17) is 0 Å². The largest absolute Gasteiger partial charge is 0.328 e. The summed E-state index contributed by atoms with van der Waals surface area (Å²) in [6.45, 7) is 3.35. The summed E-state index contributed by atoms with van der Waals surface area (Å²) >= 11 is 0. The Bertz CT molecular complexity index is 894. The number of hydrogen-bond donors (Lipinski definition) is 0. The molecule has 3 amide bonds. The summed E-state index contributed by atoms with van der Waals surface area (Å²) in [5, 5.41) is 0. The molecule has 0 saturated carbocycles. The van der Waals surface area contributed by atoms with E-state index in [0.29, 0.717) is 5.96 Å². The molecule has 140 valence electrons. The second-order valence-corrected chi connectivity index (χ2v) is 7.02. The van der Waals surface area contributed by atoms with Gasteiger partial charge in [0, 0.05) is 20.3 Å². The highest BCUT2D eigenvalue weighted by molar-refractivity contribution is 6.07. The summed E-state index contributed by atoms with van der Waals surface area (Å²) in [4.78, 5) is 48.1.